The molecule has 0 aliphatic heterocycles. The van der Waals surface area contributed by atoms with Crippen LogP contribution in [0.5, 0.6) is 0 Å². The summed E-state index contributed by atoms with van der Waals surface area (Å²) in [5, 5.41) is 2.58. The van der Waals surface area contributed by atoms with Gasteiger partial charge in [-0.1, -0.05) is 0 Å². The van der Waals surface area contributed by atoms with E-state index in [1.165, 1.54) is 0 Å². The van der Waals surface area contributed by atoms with E-state index in [0.29, 0.717) is 13.1 Å². The molecule has 0 radical (unpaired) electrons. The minimum atomic E-state index is 0.684. The predicted molar refractivity (Wildman–Crippen MR) is 32.1 cm³/mol. The monoisotopic (exact) mass is 117 g/mol. The average molecular weight is 117 g/mol. The van der Waals surface area contributed by atoms with Gasteiger partial charge in [0.1, 0.15) is 0 Å². The molecule has 0 aliphatic carbocycles. The third-order valence-corrected chi connectivity index (χ3v) is 0.649. The molecule has 48 valence electrons. The topological polar surface area (TPSA) is 29.1 Å². The first-order chi connectivity index (χ1) is 3.56. The number of carbonyl (C=O) groups excluding carboxylic acids is 1. The quantitative estimate of drug-likeness (QED) is 0.298. The number of quaternary nitrogens is 1. The van der Waals surface area contributed by atoms with Gasteiger partial charge in [0.05, 0.1) is 21.1 Å². The van der Waals surface area contributed by atoms with Crippen LogP contribution in [0.4, 0.5) is 0 Å². The van der Waals surface area contributed by atoms with E-state index in [4.69, 9.17) is 0 Å². The summed E-state index contributed by atoms with van der Waals surface area (Å²) in [6.07, 6.45) is 0.712. The van der Waals surface area contributed by atoms with Gasteiger partial charge < -0.3 is 9.80 Å². The van der Waals surface area contributed by atoms with Crippen LogP contribution in [-0.4, -0.2) is 38.7 Å². The predicted octanol–water partition coefficient (Wildman–Crippen LogP) is -0.604. The third kappa shape index (κ3) is 5.43. The molecular formula is C5H13N2O+. The van der Waals surface area contributed by atoms with Crippen LogP contribution in [0.3, 0.4) is 0 Å². The fourth-order valence-corrected chi connectivity index (χ4v) is 0.311. The van der Waals surface area contributed by atoms with Gasteiger partial charge in [0.2, 0.25) is 6.41 Å². The summed E-state index contributed by atoms with van der Waals surface area (Å²) in [6.45, 7) is 0.684. The van der Waals surface area contributed by atoms with Crippen LogP contribution in [0.1, 0.15) is 0 Å². The fraction of sp³-hybridized carbons (Fsp3) is 0.800. The zero-order chi connectivity index (χ0) is 6.62. The first-order valence-electron chi connectivity index (χ1n) is 2.54. The Balaban J connectivity index is 3.24. The molecule has 8 heavy (non-hydrogen) atoms. The Morgan fingerprint density at radius 2 is 2.00 bits per heavy atom. The largest absolute Gasteiger partial charge is 0.314 e. The zero-order valence-electron chi connectivity index (χ0n) is 5.64. The maximum absolute atomic E-state index is 9.73. The molecule has 0 fully saturated rings. The lowest BCUT2D eigenvalue weighted by Crippen LogP contribution is -2.42. The van der Waals surface area contributed by atoms with E-state index in [0.717, 1.165) is 4.48 Å². The summed E-state index contributed by atoms with van der Waals surface area (Å²) in [7, 11) is 6.03. The number of nitrogens with one attached hydrogen (secondary N) is 1. The van der Waals surface area contributed by atoms with Crippen molar-refractivity contribution >= 4 is 6.41 Å². The molecule has 0 unspecified atom stereocenters. The second-order valence-electron chi connectivity index (χ2n) is 2.77. The summed E-state index contributed by atoms with van der Waals surface area (Å²) in [6, 6.07) is 0. The summed E-state index contributed by atoms with van der Waals surface area (Å²) in [5.41, 5.74) is 0. The molecule has 0 saturated carbocycles. The molecule has 0 spiro atoms. The average Bonchev–Trinajstić information content (AvgIpc) is 1.59. The van der Waals surface area contributed by atoms with Gasteiger partial charge in [-0.05, 0) is 0 Å². The van der Waals surface area contributed by atoms with Crippen molar-refractivity contribution in [2.45, 2.75) is 0 Å². The smallest absolute Gasteiger partial charge is 0.211 e. The van der Waals surface area contributed by atoms with E-state index >= 15 is 0 Å². The number of amides is 1. The number of nitrogens with zero attached hydrogens (tertiary/aromatic N) is 1. The molecule has 0 heterocycles. The van der Waals surface area contributed by atoms with Crippen molar-refractivity contribution in [3.05, 3.63) is 0 Å². The molecule has 0 saturated heterocycles. The molecule has 0 aromatic carbocycles. The third-order valence-electron chi connectivity index (χ3n) is 0.649. The lowest BCUT2D eigenvalue weighted by Gasteiger charge is -2.22. The molecule has 3 heteroatoms. The van der Waals surface area contributed by atoms with Gasteiger partial charge in [0.15, 0.2) is 6.67 Å². The van der Waals surface area contributed by atoms with Crippen molar-refractivity contribution in [1.29, 1.82) is 0 Å². The molecule has 3 nitrogen and oxygen atoms in total. The van der Waals surface area contributed by atoms with E-state index in [9.17, 15) is 4.79 Å². The van der Waals surface area contributed by atoms with E-state index < -0.39 is 0 Å². The molecule has 1 N–H and O–H groups in total. The molecule has 0 aliphatic rings. The Morgan fingerprint density at radius 1 is 1.50 bits per heavy atom. The molecule has 0 aromatic heterocycles. The molecule has 0 aromatic rings. The van der Waals surface area contributed by atoms with Gasteiger partial charge in [-0.3, -0.25) is 4.79 Å². The van der Waals surface area contributed by atoms with Crippen molar-refractivity contribution in [1.82, 2.24) is 5.32 Å². The minimum Gasteiger partial charge on any atom is -0.314 e. The Bertz CT molecular complexity index is 75.0. The number of rotatable bonds is 3. The van der Waals surface area contributed by atoms with E-state index in [1.54, 1.807) is 0 Å². The first kappa shape index (κ1) is 7.43. The second-order valence-corrected chi connectivity index (χ2v) is 2.77. The van der Waals surface area contributed by atoms with Crippen molar-refractivity contribution in [3.63, 3.8) is 0 Å². The highest BCUT2D eigenvalue weighted by molar-refractivity contribution is 5.45. The number of hydrogen-bond donors (Lipinski definition) is 1. The van der Waals surface area contributed by atoms with Crippen molar-refractivity contribution in [3.8, 4) is 0 Å². The Morgan fingerprint density at radius 3 is 2.12 bits per heavy atom. The van der Waals surface area contributed by atoms with Crippen molar-refractivity contribution in [2.24, 2.45) is 0 Å². The minimum absolute atomic E-state index is 0.684. The van der Waals surface area contributed by atoms with Gasteiger partial charge in [-0.15, -0.1) is 0 Å². The zero-order valence-corrected chi connectivity index (χ0v) is 5.64. The van der Waals surface area contributed by atoms with Crippen LogP contribution in [-0.2, 0) is 4.79 Å². The van der Waals surface area contributed by atoms with Crippen molar-refractivity contribution in [2.75, 3.05) is 27.8 Å². The van der Waals surface area contributed by atoms with Crippen LogP contribution in [0.2, 0.25) is 0 Å². The standard InChI is InChI=1S/C5H12N2O/c1-7(2,3)4-6-5-8/h5H,4H2,1-3H3/p+1. The number of carbonyl (C=O) groups is 1. The van der Waals surface area contributed by atoms with Crippen LogP contribution < -0.4 is 5.32 Å². The van der Waals surface area contributed by atoms with Crippen LogP contribution in [0.25, 0.3) is 0 Å². The van der Waals surface area contributed by atoms with Gasteiger partial charge in [-0.2, -0.15) is 0 Å². The van der Waals surface area contributed by atoms with Gasteiger partial charge in [-0.25, -0.2) is 0 Å². The molecular weight excluding hydrogens is 104 g/mol. The normalized spacial score (nSPS) is 10.9. The molecule has 0 bridgehead atoms. The lowest BCUT2D eigenvalue weighted by molar-refractivity contribution is -0.872. The second kappa shape index (κ2) is 2.67. The summed E-state index contributed by atoms with van der Waals surface area (Å²) in [4.78, 5) is 9.73. The SMILES string of the molecule is C[N+](C)(C)CNC=O. The maximum Gasteiger partial charge on any atom is 0.211 e. The Hall–Kier alpha value is -0.570. The van der Waals surface area contributed by atoms with E-state index in [2.05, 4.69) is 5.32 Å². The van der Waals surface area contributed by atoms with E-state index in [-0.39, 0.29) is 0 Å². The fourth-order valence-electron chi connectivity index (χ4n) is 0.311. The summed E-state index contributed by atoms with van der Waals surface area (Å²) in [5.74, 6) is 0. The molecule has 0 rings (SSSR count). The highest BCUT2D eigenvalue weighted by atomic mass is 16.1. The van der Waals surface area contributed by atoms with Crippen LogP contribution in [0, 0.1) is 0 Å². The highest BCUT2D eigenvalue weighted by Gasteiger charge is 2.02. The molecule has 1 amide bonds. The van der Waals surface area contributed by atoms with Crippen molar-refractivity contribution < 1.29 is 9.28 Å². The maximum atomic E-state index is 9.73. The lowest BCUT2D eigenvalue weighted by atomic mass is 10.7. The Kier molecular flexibility index (Phi) is 2.48. The molecule has 0 atom stereocenters. The van der Waals surface area contributed by atoms with Crippen LogP contribution in [0.15, 0.2) is 0 Å². The summed E-state index contributed by atoms with van der Waals surface area (Å²) < 4.78 is 0.763. The number of hydrogen-bond acceptors (Lipinski definition) is 1. The summed E-state index contributed by atoms with van der Waals surface area (Å²) >= 11 is 0. The van der Waals surface area contributed by atoms with Gasteiger partial charge in [0.25, 0.3) is 0 Å². The van der Waals surface area contributed by atoms with Gasteiger partial charge in [0, 0.05) is 0 Å². The van der Waals surface area contributed by atoms with E-state index in [1.807, 2.05) is 21.1 Å². The van der Waals surface area contributed by atoms with Crippen LogP contribution >= 0.6 is 0 Å². The Labute approximate surface area is 49.9 Å². The van der Waals surface area contributed by atoms with Gasteiger partial charge >= 0.3 is 0 Å². The first-order valence-corrected chi connectivity index (χ1v) is 2.54. The highest BCUT2D eigenvalue weighted by Crippen LogP contribution is 1.81.